The summed E-state index contributed by atoms with van der Waals surface area (Å²) in [4.78, 5) is 0. The van der Waals surface area contributed by atoms with E-state index >= 15 is 0 Å². The quantitative estimate of drug-likeness (QED) is 0.461. The van der Waals surface area contributed by atoms with Gasteiger partial charge in [-0.15, -0.1) is 0 Å². The van der Waals surface area contributed by atoms with Gasteiger partial charge in [0.25, 0.3) is 6.79 Å². The van der Waals surface area contributed by atoms with E-state index in [1.165, 1.54) is 6.79 Å². The van der Waals surface area contributed by atoms with Gasteiger partial charge in [0.2, 0.25) is 0 Å². The van der Waals surface area contributed by atoms with Crippen molar-refractivity contribution < 1.29 is 9.47 Å². The summed E-state index contributed by atoms with van der Waals surface area (Å²) in [6.45, 7) is 1.36. The van der Waals surface area contributed by atoms with Gasteiger partial charge in [-0.2, -0.15) is 0 Å². The number of fused-ring (bicyclic) bond motifs is 1. The van der Waals surface area contributed by atoms with Crippen molar-refractivity contribution in [3.63, 3.8) is 0 Å². The van der Waals surface area contributed by atoms with Gasteiger partial charge in [0.15, 0.2) is 0 Å². The molecule has 2 heteroatoms. The molecule has 1 heterocycles. The second kappa shape index (κ2) is 1.36. The molecular weight excluding hydrogens is 104 g/mol. The van der Waals surface area contributed by atoms with E-state index in [2.05, 4.69) is 0 Å². The van der Waals surface area contributed by atoms with Crippen LogP contribution in [0.25, 0.3) is 0 Å². The lowest BCUT2D eigenvalue weighted by molar-refractivity contribution is 0.147. The molecule has 1 unspecified atom stereocenters. The molecule has 0 N–H and O–H groups in total. The lowest BCUT2D eigenvalue weighted by atomic mass is 10.4. The van der Waals surface area contributed by atoms with Crippen LogP contribution >= 0.6 is 0 Å². The minimum atomic E-state index is 0.0787. The Kier molecular flexibility index (Phi) is 0.704. The summed E-state index contributed by atoms with van der Waals surface area (Å²) in [6.07, 6.45) is 5.84. The smallest absolute Gasteiger partial charge is 0.263 e. The lowest BCUT2D eigenvalue weighted by Gasteiger charge is -1.92. The molecule has 0 aromatic heterocycles. The Hall–Kier alpha value is -0.760. The number of ether oxygens (including phenoxy) is 2. The highest BCUT2D eigenvalue weighted by Gasteiger charge is 2.23. The third kappa shape index (κ3) is 0.406. The average Bonchev–Trinajstić information content (AvgIpc) is 2.15. The van der Waals surface area contributed by atoms with Gasteiger partial charge in [-0.05, 0) is 12.2 Å². The third-order valence-electron chi connectivity index (χ3n) is 1.21. The van der Waals surface area contributed by atoms with Crippen LogP contribution in [0.3, 0.4) is 0 Å². The molecule has 2 nitrogen and oxygen atoms in total. The van der Waals surface area contributed by atoms with Crippen molar-refractivity contribution in [2.45, 2.75) is 6.10 Å². The predicted octanol–water partition coefficient (Wildman–Crippen LogP) is 0.975. The highest BCUT2D eigenvalue weighted by Crippen LogP contribution is 2.24. The molecule has 0 amide bonds. The van der Waals surface area contributed by atoms with Crippen LogP contribution in [0.5, 0.6) is 0 Å². The molecule has 1 aliphatic heterocycles. The number of rotatable bonds is 0. The molecule has 0 aromatic rings. The van der Waals surface area contributed by atoms with Crippen molar-refractivity contribution in [2.75, 3.05) is 0 Å². The van der Waals surface area contributed by atoms with Gasteiger partial charge in [-0.1, -0.05) is 6.08 Å². The monoisotopic (exact) mass is 109 g/mol. The van der Waals surface area contributed by atoms with Crippen molar-refractivity contribution in [3.05, 3.63) is 30.8 Å². The largest absolute Gasteiger partial charge is 0.459 e. The summed E-state index contributed by atoms with van der Waals surface area (Å²) in [5, 5.41) is 0. The molecule has 1 atom stereocenters. The van der Waals surface area contributed by atoms with Crippen LogP contribution in [0, 0.1) is 6.79 Å². The fourth-order valence-electron chi connectivity index (χ4n) is 0.803. The standard InChI is InChI=1S/C6H5O2/c1-2-5-6(3-1)8-4-7-5/h1-5H. The topological polar surface area (TPSA) is 18.5 Å². The summed E-state index contributed by atoms with van der Waals surface area (Å²) in [5.74, 6) is 0.894. The van der Waals surface area contributed by atoms with Gasteiger partial charge >= 0.3 is 0 Å². The maximum atomic E-state index is 4.97. The molecule has 41 valence electrons. The zero-order valence-corrected chi connectivity index (χ0v) is 4.20. The van der Waals surface area contributed by atoms with E-state index < -0.39 is 0 Å². The molecule has 2 rings (SSSR count). The summed E-state index contributed by atoms with van der Waals surface area (Å²) in [6, 6.07) is 0. The van der Waals surface area contributed by atoms with Crippen LogP contribution in [-0.4, -0.2) is 6.10 Å². The maximum absolute atomic E-state index is 4.97. The van der Waals surface area contributed by atoms with E-state index in [4.69, 9.17) is 9.47 Å². The molecule has 1 saturated heterocycles. The molecule has 0 spiro atoms. The molecular formula is C6H5O2. The molecule has 0 bridgehead atoms. The Morgan fingerprint density at radius 3 is 3.38 bits per heavy atom. The fourth-order valence-corrected chi connectivity index (χ4v) is 0.803. The fraction of sp³-hybridized carbons (Fsp3) is 0.167. The van der Waals surface area contributed by atoms with Crippen LogP contribution in [0.2, 0.25) is 0 Å². The Balaban J connectivity index is 2.29. The van der Waals surface area contributed by atoms with Crippen LogP contribution in [0.15, 0.2) is 24.0 Å². The van der Waals surface area contributed by atoms with Crippen molar-refractivity contribution in [1.82, 2.24) is 0 Å². The molecule has 0 saturated carbocycles. The summed E-state index contributed by atoms with van der Waals surface area (Å²) >= 11 is 0. The van der Waals surface area contributed by atoms with Gasteiger partial charge < -0.3 is 9.47 Å². The van der Waals surface area contributed by atoms with Gasteiger partial charge in [0.1, 0.15) is 11.9 Å². The van der Waals surface area contributed by atoms with E-state index in [9.17, 15) is 0 Å². The lowest BCUT2D eigenvalue weighted by Crippen LogP contribution is -1.97. The minimum Gasteiger partial charge on any atom is -0.459 e. The SMILES string of the molecule is [CH]1OC2=CC=CC2O1. The van der Waals surface area contributed by atoms with Crippen molar-refractivity contribution >= 4 is 0 Å². The first-order valence-electron chi connectivity index (χ1n) is 2.49. The van der Waals surface area contributed by atoms with Crippen molar-refractivity contribution in [3.8, 4) is 0 Å². The van der Waals surface area contributed by atoms with Gasteiger partial charge in [-0.25, -0.2) is 0 Å². The van der Waals surface area contributed by atoms with Crippen molar-refractivity contribution in [2.24, 2.45) is 0 Å². The molecule has 1 aliphatic carbocycles. The zero-order chi connectivity index (χ0) is 5.40. The van der Waals surface area contributed by atoms with Gasteiger partial charge in [0, 0.05) is 0 Å². The minimum absolute atomic E-state index is 0.0787. The Labute approximate surface area is 47.4 Å². The third-order valence-corrected chi connectivity index (χ3v) is 1.21. The van der Waals surface area contributed by atoms with Crippen LogP contribution < -0.4 is 0 Å². The van der Waals surface area contributed by atoms with Gasteiger partial charge in [0.05, 0.1) is 0 Å². The summed E-state index contributed by atoms with van der Waals surface area (Å²) in [7, 11) is 0. The summed E-state index contributed by atoms with van der Waals surface area (Å²) < 4.78 is 9.90. The molecule has 1 radical (unpaired) electrons. The normalized spacial score (nSPS) is 32.0. The molecule has 0 aromatic carbocycles. The first-order chi connectivity index (χ1) is 3.97. The highest BCUT2D eigenvalue weighted by molar-refractivity contribution is 5.26. The van der Waals surface area contributed by atoms with Crippen LogP contribution in [-0.2, 0) is 9.47 Å². The first-order valence-corrected chi connectivity index (χ1v) is 2.49. The molecule has 2 aliphatic rings. The van der Waals surface area contributed by atoms with E-state index in [1.807, 2.05) is 18.2 Å². The Bertz CT molecular complexity index is 158. The summed E-state index contributed by atoms with van der Waals surface area (Å²) in [5.41, 5.74) is 0. The van der Waals surface area contributed by atoms with E-state index in [1.54, 1.807) is 0 Å². The molecule has 1 fully saturated rings. The predicted molar refractivity (Wildman–Crippen MR) is 27.5 cm³/mol. The van der Waals surface area contributed by atoms with Crippen molar-refractivity contribution in [1.29, 1.82) is 0 Å². The second-order valence-electron chi connectivity index (χ2n) is 1.72. The number of hydrogen-bond acceptors (Lipinski definition) is 2. The Morgan fingerprint density at radius 1 is 1.50 bits per heavy atom. The van der Waals surface area contributed by atoms with Crippen LogP contribution in [0.4, 0.5) is 0 Å². The van der Waals surface area contributed by atoms with E-state index in [0.29, 0.717) is 0 Å². The number of allylic oxidation sites excluding steroid dienone is 2. The zero-order valence-electron chi connectivity index (χ0n) is 4.20. The van der Waals surface area contributed by atoms with Gasteiger partial charge in [-0.3, -0.25) is 0 Å². The van der Waals surface area contributed by atoms with Crippen LogP contribution in [0.1, 0.15) is 0 Å². The number of hydrogen-bond donors (Lipinski definition) is 0. The highest BCUT2D eigenvalue weighted by atomic mass is 16.7. The average molecular weight is 109 g/mol. The first kappa shape index (κ1) is 4.15. The second-order valence-corrected chi connectivity index (χ2v) is 1.72. The maximum Gasteiger partial charge on any atom is 0.263 e. The molecule has 8 heavy (non-hydrogen) atoms. The van der Waals surface area contributed by atoms with E-state index in [0.717, 1.165) is 5.76 Å². The van der Waals surface area contributed by atoms with E-state index in [-0.39, 0.29) is 6.10 Å². The Morgan fingerprint density at radius 2 is 2.50 bits per heavy atom.